The van der Waals surface area contributed by atoms with Crippen LogP contribution in [-0.2, 0) is 0 Å². The second kappa shape index (κ2) is 3.16. The molecule has 1 nitrogen and oxygen atoms in total. The Morgan fingerprint density at radius 1 is 1.17 bits per heavy atom. The summed E-state index contributed by atoms with van der Waals surface area (Å²) < 4.78 is 0. The third-order valence-corrected chi connectivity index (χ3v) is 0.469. The highest BCUT2D eigenvalue weighted by Crippen LogP contribution is 1.76. The van der Waals surface area contributed by atoms with Gasteiger partial charge >= 0.3 is 0 Å². The predicted molar refractivity (Wildman–Crippen MR) is 24.5 cm³/mol. The molecule has 0 bridgehead atoms. The smallest absolute Gasteiger partial charge is 0.0439 e. The van der Waals surface area contributed by atoms with Crippen LogP contribution in [0.4, 0.5) is 0 Å². The van der Waals surface area contributed by atoms with E-state index in [-0.39, 0.29) is 0 Å². The van der Waals surface area contributed by atoms with Gasteiger partial charge in [0.25, 0.3) is 0 Å². The highest BCUT2D eigenvalue weighted by atomic mass is 15.1. The number of rotatable bonds is 2. The van der Waals surface area contributed by atoms with Crippen LogP contribution in [0.15, 0.2) is 0 Å². The van der Waals surface area contributed by atoms with Crippen LogP contribution < -0.4 is 0 Å². The van der Waals surface area contributed by atoms with Crippen LogP contribution in [0.25, 0.3) is 0 Å². The first-order valence-electron chi connectivity index (χ1n) is 1.71. The monoisotopic (exact) mass is 81.1 g/mol. The highest BCUT2D eigenvalue weighted by molar-refractivity contribution is 4.55. The van der Waals surface area contributed by atoms with E-state index in [1.54, 1.807) is 0 Å². The Morgan fingerprint density at radius 3 is 1.50 bits per heavy atom. The molecule has 0 aromatic heterocycles. The lowest BCUT2D eigenvalue weighted by Crippen LogP contribution is -2.13. The summed E-state index contributed by atoms with van der Waals surface area (Å²) in [5.74, 6) is 0. The zero-order valence-corrected chi connectivity index (χ0v) is 3.59. The first-order valence-corrected chi connectivity index (χ1v) is 1.71. The van der Waals surface area contributed by atoms with Crippen LogP contribution in [-0.4, -0.2) is 18.0 Å². The normalized spacial score (nSPS) is 10.0. The zero-order valence-electron chi connectivity index (χ0n) is 3.59. The van der Waals surface area contributed by atoms with Gasteiger partial charge in [-0.25, -0.2) is 0 Å². The van der Waals surface area contributed by atoms with Crippen molar-refractivity contribution < 1.29 is 0 Å². The predicted octanol–water partition coefficient (Wildman–Crippen LogP) is 0.379. The molecule has 0 heterocycles. The van der Waals surface area contributed by atoms with Gasteiger partial charge in [-0.05, 0) is 13.8 Å². The lowest BCUT2D eigenvalue weighted by atomic mass is 10.6. The van der Waals surface area contributed by atoms with Crippen LogP contribution in [0, 0.1) is 20.9 Å². The Hall–Kier alpha value is -0.0400. The van der Waals surface area contributed by atoms with Crippen LogP contribution in [0.2, 0.25) is 0 Å². The van der Waals surface area contributed by atoms with Gasteiger partial charge in [0.1, 0.15) is 0 Å². The third kappa shape index (κ3) is 2.21. The summed E-state index contributed by atoms with van der Waals surface area (Å²) >= 11 is 0. The lowest BCUT2D eigenvalue weighted by Gasteiger charge is -2.05. The molecule has 0 saturated carbocycles. The standard InChI is InChI=1S/C5H7N/c1-4-6(3)5-2/h1-3H,4-5H2. The van der Waals surface area contributed by atoms with E-state index in [0.717, 1.165) is 0 Å². The van der Waals surface area contributed by atoms with Crippen LogP contribution >= 0.6 is 0 Å². The molecule has 0 saturated heterocycles. The Bertz CT molecular complexity index is 23.1. The fourth-order valence-corrected chi connectivity index (χ4v) is 0.0745. The van der Waals surface area contributed by atoms with Gasteiger partial charge in [0, 0.05) is 20.1 Å². The molecule has 0 aromatic carbocycles. The van der Waals surface area contributed by atoms with Crippen molar-refractivity contribution in [3.63, 3.8) is 0 Å². The van der Waals surface area contributed by atoms with E-state index in [4.69, 9.17) is 20.9 Å². The van der Waals surface area contributed by atoms with Crippen LogP contribution in [0.5, 0.6) is 0 Å². The third-order valence-electron chi connectivity index (χ3n) is 0.469. The van der Waals surface area contributed by atoms with Gasteiger partial charge in [0.05, 0.1) is 0 Å². The topological polar surface area (TPSA) is 3.24 Å². The summed E-state index contributed by atoms with van der Waals surface area (Å²) in [5, 5.41) is 0. The molecular weight excluding hydrogens is 74.1 g/mol. The Balaban J connectivity index is 2.75. The molecular formula is C5H7N. The summed E-state index contributed by atoms with van der Waals surface area (Å²) in [5.41, 5.74) is 0. The summed E-state index contributed by atoms with van der Waals surface area (Å²) in [6.07, 6.45) is 0. The second-order valence-corrected chi connectivity index (χ2v) is 0.954. The van der Waals surface area contributed by atoms with E-state index >= 15 is 0 Å². The maximum absolute atomic E-state index is 5.06. The molecule has 0 N–H and O–H groups in total. The van der Waals surface area contributed by atoms with Crippen molar-refractivity contribution in [2.45, 2.75) is 0 Å². The summed E-state index contributed by atoms with van der Waals surface area (Å²) in [6.45, 7) is 10.6. The molecule has 0 rings (SSSR count). The molecule has 0 spiro atoms. The van der Waals surface area contributed by atoms with Crippen molar-refractivity contribution in [3.05, 3.63) is 20.9 Å². The van der Waals surface area contributed by atoms with Crippen molar-refractivity contribution in [2.75, 3.05) is 13.1 Å². The van der Waals surface area contributed by atoms with Crippen molar-refractivity contribution in [1.82, 2.24) is 4.90 Å². The van der Waals surface area contributed by atoms with Gasteiger partial charge in [-0.2, -0.15) is 0 Å². The molecule has 0 fully saturated rings. The van der Waals surface area contributed by atoms with E-state index in [9.17, 15) is 0 Å². The van der Waals surface area contributed by atoms with E-state index in [1.165, 1.54) is 4.90 Å². The SMILES string of the molecule is [CH]CN([CH])C[CH]. The summed E-state index contributed by atoms with van der Waals surface area (Å²) in [4.78, 5) is 1.31. The van der Waals surface area contributed by atoms with E-state index in [0.29, 0.717) is 13.1 Å². The first kappa shape index (κ1) is 5.96. The molecule has 0 amide bonds. The van der Waals surface area contributed by atoms with Crippen molar-refractivity contribution >= 4 is 0 Å². The van der Waals surface area contributed by atoms with Crippen molar-refractivity contribution in [1.29, 1.82) is 0 Å². The number of hydrogen-bond donors (Lipinski definition) is 0. The van der Waals surface area contributed by atoms with Gasteiger partial charge in [-0.1, -0.05) is 0 Å². The molecule has 6 heavy (non-hydrogen) atoms. The molecule has 0 unspecified atom stereocenters. The zero-order chi connectivity index (χ0) is 4.99. The molecule has 0 atom stereocenters. The Kier molecular flexibility index (Phi) is 3.14. The average Bonchev–Trinajstić information content (AvgIpc) is 1.65. The fourth-order valence-electron chi connectivity index (χ4n) is 0.0745. The average molecular weight is 81.1 g/mol. The number of hydrogen-bond acceptors (Lipinski definition) is 1. The van der Waals surface area contributed by atoms with E-state index in [1.807, 2.05) is 0 Å². The Labute approximate surface area is 40.0 Å². The van der Waals surface area contributed by atoms with Crippen molar-refractivity contribution in [3.8, 4) is 0 Å². The molecule has 0 aromatic rings. The maximum atomic E-state index is 5.06. The molecule has 32 valence electrons. The largest absolute Gasteiger partial charge is 0.297 e. The maximum Gasteiger partial charge on any atom is 0.0439 e. The summed E-state index contributed by atoms with van der Waals surface area (Å²) in [7, 11) is 5.06. The van der Waals surface area contributed by atoms with Crippen LogP contribution in [0.1, 0.15) is 0 Å². The van der Waals surface area contributed by atoms with Gasteiger partial charge in [0.2, 0.25) is 0 Å². The second-order valence-electron chi connectivity index (χ2n) is 0.954. The molecule has 0 aliphatic rings. The van der Waals surface area contributed by atoms with Gasteiger partial charge < -0.3 is 0 Å². The minimum Gasteiger partial charge on any atom is -0.297 e. The highest BCUT2D eigenvalue weighted by Gasteiger charge is 1.83. The quantitative estimate of drug-likeness (QED) is 0.434. The molecule has 0 aliphatic carbocycles. The van der Waals surface area contributed by atoms with E-state index < -0.39 is 0 Å². The van der Waals surface area contributed by atoms with E-state index in [2.05, 4.69) is 0 Å². The first-order chi connectivity index (χ1) is 2.81. The summed E-state index contributed by atoms with van der Waals surface area (Å²) in [6, 6.07) is 0. The fraction of sp³-hybridized carbons (Fsp3) is 0.400. The number of nitrogens with zero attached hydrogens (tertiary/aromatic N) is 1. The van der Waals surface area contributed by atoms with Gasteiger partial charge in [-0.3, -0.25) is 4.90 Å². The minimum atomic E-state index is 0.316. The van der Waals surface area contributed by atoms with Gasteiger partial charge in [-0.15, -0.1) is 0 Å². The van der Waals surface area contributed by atoms with Crippen LogP contribution in [0.3, 0.4) is 0 Å². The molecule has 1 heteroatoms. The lowest BCUT2D eigenvalue weighted by molar-refractivity contribution is 0.452. The Morgan fingerprint density at radius 2 is 1.50 bits per heavy atom. The van der Waals surface area contributed by atoms with Crippen molar-refractivity contribution in [2.24, 2.45) is 0 Å². The molecule has 0 aliphatic heterocycles. The van der Waals surface area contributed by atoms with Gasteiger partial charge in [0.15, 0.2) is 0 Å². The molecule has 6 radical (unpaired) electrons. The minimum absolute atomic E-state index is 0.316.